The fourth-order valence-corrected chi connectivity index (χ4v) is 10.5. The average molecular weight is 1380 g/mol. The first kappa shape index (κ1) is 72.9. The molecule has 4 aromatic heterocycles. The van der Waals surface area contributed by atoms with Gasteiger partial charge in [-0.1, -0.05) is 133 Å². The summed E-state index contributed by atoms with van der Waals surface area (Å²) in [6.07, 6.45) is 9.95. The van der Waals surface area contributed by atoms with Gasteiger partial charge in [0.25, 0.3) is 0 Å². The van der Waals surface area contributed by atoms with Gasteiger partial charge >= 0.3 is 0 Å². The molecule has 0 saturated heterocycles. The molecule has 4 amide bonds. The lowest BCUT2D eigenvalue weighted by Gasteiger charge is -2.09. The molecule has 0 fully saturated rings. The van der Waals surface area contributed by atoms with Crippen LogP contribution in [-0.2, 0) is 44.9 Å². The molecule has 9 aromatic carbocycles. The Hall–Kier alpha value is -12.8. The number of nitrogens with one attached hydrogen (secondary N) is 4. The molecule has 13 rings (SSSR count). The van der Waals surface area contributed by atoms with Crippen LogP contribution in [0.2, 0.25) is 0 Å². The van der Waals surface area contributed by atoms with Crippen molar-refractivity contribution in [2.24, 2.45) is 0 Å². The Kier molecular flexibility index (Phi) is 25.7. The lowest BCUT2D eigenvalue weighted by Crippen LogP contribution is -2.16. The van der Waals surface area contributed by atoms with Gasteiger partial charge in [0.2, 0.25) is 23.6 Å². The summed E-state index contributed by atoms with van der Waals surface area (Å²) in [5.41, 5.74) is 12.3. The Bertz CT molecular complexity index is 5010. The van der Waals surface area contributed by atoms with Crippen LogP contribution in [0.3, 0.4) is 0 Å². The van der Waals surface area contributed by atoms with Crippen LogP contribution in [-0.4, -0.2) is 63.5 Å². The number of aromatic nitrogens is 8. The topological polar surface area (TPSA) is 220 Å². The number of aryl methyl sites for hydroxylation is 6. The molecule has 0 radical (unpaired) electrons. The molecule has 0 atom stereocenters. The van der Waals surface area contributed by atoms with Crippen LogP contribution in [0.4, 0.5) is 40.8 Å². The van der Waals surface area contributed by atoms with Crippen molar-refractivity contribution >= 4 is 57.7 Å². The molecule has 13 aromatic rings. The van der Waals surface area contributed by atoms with E-state index in [1.165, 1.54) is 54.1 Å². The predicted molar refractivity (Wildman–Crippen MR) is 395 cm³/mol. The maximum atomic E-state index is 13.1. The summed E-state index contributed by atoms with van der Waals surface area (Å²) in [5, 5.41) is 13.5. The van der Waals surface area contributed by atoms with Crippen molar-refractivity contribution in [3.8, 4) is 45.0 Å². The maximum Gasteiger partial charge on any atom is 0.229 e. The van der Waals surface area contributed by atoms with Gasteiger partial charge in [0.15, 0.2) is 23.3 Å². The molecule has 0 aliphatic heterocycles. The minimum Gasteiger partial charge on any atom is -0.309 e. The molecular formula is C83H72F4N12O4. The number of amides is 4. The zero-order valence-corrected chi connectivity index (χ0v) is 56.9. The highest BCUT2D eigenvalue weighted by Gasteiger charge is 2.15. The van der Waals surface area contributed by atoms with Crippen LogP contribution in [0.15, 0.2) is 255 Å². The highest BCUT2D eigenvalue weighted by Crippen LogP contribution is 2.25. The maximum absolute atomic E-state index is 13.1. The number of halogens is 4. The van der Waals surface area contributed by atoms with Crippen molar-refractivity contribution in [2.75, 3.05) is 21.3 Å². The number of benzene rings is 9. The number of rotatable bonds is 19. The number of carbonyl (C=O) groups is 4. The zero-order valence-electron chi connectivity index (χ0n) is 56.9. The first-order chi connectivity index (χ1) is 49.9. The molecular weight excluding hydrogens is 1300 g/mol. The molecule has 20 heteroatoms. The Balaban J connectivity index is 0.000000148. The summed E-state index contributed by atoms with van der Waals surface area (Å²) in [6, 6.07) is 67.7. The number of carbonyl (C=O) groups excluding carboxylic acids is 4. The number of hydrogen-bond acceptors (Lipinski definition) is 12. The highest BCUT2D eigenvalue weighted by molar-refractivity contribution is 5.94. The second-order valence-corrected chi connectivity index (χ2v) is 23.8. The summed E-state index contributed by atoms with van der Waals surface area (Å²) >= 11 is 0. The van der Waals surface area contributed by atoms with E-state index in [1.54, 1.807) is 101 Å². The third kappa shape index (κ3) is 22.3. The third-order valence-electron chi connectivity index (χ3n) is 16.0. The van der Waals surface area contributed by atoms with Crippen molar-refractivity contribution in [3.63, 3.8) is 0 Å². The first-order valence-corrected chi connectivity index (χ1v) is 33.1. The number of hydrogen-bond donors (Lipinski definition) is 4. The van der Waals surface area contributed by atoms with Crippen molar-refractivity contribution in [2.45, 2.75) is 72.6 Å². The summed E-state index contributed by atoms with van der Waals surface area (Å²) in [6.45, 7) is 7.14. The van der Waals surface area contributed by atoms with Crippen LogP contribution in [0.25, 0.3) is 55.8 Å². The summed E-state index contributed by atoms with van der Waals surface area (Å²) in [4.78, 5) is 83.8. The normalized spacial score (nSPS) is 10.6. The fraction of sp³-hybridized carbons (Fsp3) is 0.133. The largest absolute Gasteiger partial charge is 0.309 e. The van der Waals surface area contributed by atoms with Crippen molar-refractivity contribution in [3.05, 3.63) is 324 Å². The van der Waals surface area contributed by atoms with E-state index in [4.69, 9.17) is 0 Å². The van der Waals surface area contributed by atoms with Gasteiger partial charge in [-0.25, -0.2) is 57.4 Å². The second-order valence-electron chi connectivity index (χ2n) is 23.8. The van der Waals surface area contributed by atoms with Gasteiger partial charge in [0.1, 0.15) is 23.3 Å². The van der Waals surface area contributed by atoms with E-state index in [9.17, 15) is 36.7 Å². The van der Waals surface area contributed by atoms with E-state index < -0.39 is 0 Å². The van der Waals surface area contributed by atoms with Crippen LogP contribution in [0.1, 0.15) is 64.3 Å². The Labute approximate surface area is 593 Å². The van der Waals surface area contributed by atoms with E-state index in [-0.39, 0.29) is 59.7 Å². The molecule has 4 heterocycles. The molecule has 4 N–H and O–H groups in total. The minimum absolute atomic E-state index is 0.0761. The molecule has 0 spiro atoms. The summed E-state index contributed by atoms with van der Waals surface area (Å²) < 4.78 is 52.1. The number of fused-ring (bicyclic) bond motifs is 1. The average Bonchev–Trinajstić information content (AvgIpc) is 0.857. The fourth-order valence-electron chi connectivity index (χ4n) is 10.5. The summed E-state index contributed by atoms with van der Waals surface area (Å²) in [5.74, 6) is 0.106. The van der Waals surface area contributed by atoms with Gasteiger partial charge in [-0.05, 0) is 177 Å². The van der Waals surface area contributed by atoms with E-state index in [1.807, 2.05) is 121 Å². The van der Waals surface area contributed by atoms with Gasteiger partial charge in [-0.2, -0.15) is 0 Å². The van der Waals surface area contributed by atoms with E-state index in [0.717, 1.165) is 62.6 Å². The van der Waals surface area contributed by atoms with Crippen LogP contribution < -0.4 is 21.3 Å². The molecule has 0 saturated carbocycles. The number of anilines is 4. The standard InChI is InChI=1S/C23H18FN3O.C21H20FN3O.C20H18FN3O.C19H16FN3O/c1-15-23(25-14-21(26-15)18-8-10-20(24)11-9-18)27-22(28)13-16-6-7-17-4-2-3-5-19(17)12-16;1-15-21(23-14-19(24-15)17-10-12-18(22)13-11-17)25-20(26)9-5-8-16-6-3-2-4-7-16;1-14-20(24-19(25)12-7-15-5-3-2-4-6-15)22-13-18(23-14)16-8-10-17(21)11-9-16;1-13-19(23-18(24)11-14-5-3-2-4-6-14)21-12-17(22-13)15-7-9-16(20)10-8-15/h2-12,14H,13H2,1H3,(H,25,27,28);2-4,6-7,10-14H,5,8-9H2,1H3,(H,23,25,26);2-6,8-11,13H,7,12H2,1H3,(H,22,24,25);2-10,12H,11H2,1H3,(H,21,23,24). The first-order valence-electron chi connectivity index (χ1n) is 33.1. The Morgan fingerprint density at radius 3 is 0.961 bits per heavy atom. The number of nitrogens with zero attached hydrogens (tertiary/aromatic N) is 8. The molecule has 0 aliphatic carbocycles. The van der Waals surface area contributed by atoms with E-state index in [0.29, 0.717) is 88.1 Å². The van der Waals surface area contributed by atoms with E-state index >= 15 is 0 Å². The zero-order chi connectivity index (χ0) is 72.5. The highest BCUT2D eigenvalue weighted by atomic mass is 19.1. The van der Waals surface area contributed by atoms with Crippen molar-refractivity contribution in [1.82, 2.24) is 39.9 Å². The molecule has 0 unspecified atom stereocenters. The van der Waals surface area contributed by atoms with Gasteiger partial charge in [0.05, 0.1) is 83.2 Å². The van der Waals surface area contributed by atoms with Crippen LogP contribution in [0.5, 0.6) is 0 Å². The molecule has 0 bridgehead atoms. The van der Waals surface area contributed by atoms with Gasteiger partial charge in [-0.3, -0.25) is 19.2 Å². The molecule has 103 heavy (non-hydrogen) atoms. The summed E-state index contributed by atoms with van der Waals surface area (Å²) in [7, 11) is 0. The Morgan fingerprint density at radius 1 is 0.301 bits per heavy atom. The van der Waals surface area contributed by atoms with Gasteiger partial charge in [-0.15, -0.1) is 0 Å². The monoisotopic (exact) mass is 1380 g/mol. The smallest absolute Gasteiger partial charge is 0.229 e. The lowest BCUT2D eigenvalue weighted by molar-refractivity contribution is -0.117. The van der Waals surface area contributed by atoms with Gasteiger partial charge < -0.3 is 21.3 Å². The van der Waals surface area contributed by atoms with E-state index in [2.05, 4.69) is 73.3 Å². The predicted octanol–water partition coefficient (Wildman–Crippen LogP) is 17.4. The SMILES string of the molecule is Cc1nc(-c2ccc(F)cc2)cnc1NC(=O)CCCc1ccccc1.Cc1nc(-c2ccc(F)cc2)cnc1NC(=O)CCc1ccccc1.Cc1nc(-c2ccc(F)cc2)cnc1NC(=O)Cc1ccc2ccccc2c1.Cc1nc(-c2ccc(F)cc2)cnc1NC(=O)Cc1ccccc1. The van der Waals surface area contributed by atoms with Gasteiger partial charge in [0, 0.05) is 35.1 Å². The third-order valence-corrected chi connectivity index (χ3v) is 16.0. The second kappa shape index (κ2) is 36.3. The quantitative estimate of drug-likeness (QED) is 0.0556. The van der Waals surface area contributed by atoms with Crippen LogP contribution in [0, 0.1) is 51.0 Å². The van der Waals surface area contributed by atoms with Crippen molar-refractivity contribution < 1.29 is 36.7 Å². The van der Waals surface area contributed by atoms with Crippen LogP contribution >= 0.6 is 0 Å². The van der Waals surface area contributed by atoms with Crippen molar-refractivity contribution in [1.29, 1.82) is 0 Å². The minimum atomic E-state index is -0.300. The Morgan fingerprint density at radius 2 is 0.602 bits per heavy atom. The lowest BCUT2D eigenvalue weighted by atomic mass is 10.0. The molecule has 16 nitrogen and oxygen atoms in total. The molecule has 516 valence electrons. The molecule has 0 aliphatic rings.